The van der Waals surface area contributed by atoms with E-state index in [9.17, 15) is 0 Å². The predicted octanol–water partition coefficient (Wildman–Crippen LogP) is 3.55. The number of fused-ring (bicyclic) bond motifs is 1. The van der Waals surface area contributed by atoms with Crippen molar-refractivity contribution in [1.82, 2.24) is 19.5 Å². The van der Waals surface area contributed by atoms with Crippen LogP contribution in [0.4, 0.5) is 5.82 Å². The van der Waals surface area contributed by atoms with Crippen molar-refractivity contribution in [2.75, 3.05) is 5.73 Å². The predicted molar refractivity (Wildman–Crippen MR) is 82.3 cm³/mol. The minimum atomic E-state index is 0.520. The molecule has 0 fully saturated rings. The number of unbranched alkanes of at least 4 members (excludes halogenated alkanes) is 7. The molecule has 0 radical (unpaired) electrons. The highest BCUT2D eigenvalue weighted by Crippen LogP contribution is 2.16. The zero-order valence-electron chi connectivity index (χ0n) is 12.4. The summed E-state index contributed by atoms with van der Waals surface area (Å²) in [5.41, 5.74) is 7.45. The van der Waals surface area contributed by atoms with Gasteiger partial charge in [-0.3, -0.25) is 0 Å². The van der Waals surface area contributed by atoms with E-state index in [1.807, 2.05) is 6.33 Å². The Hall–Kier alpha value is -1.65. The van der Waals surface area contributed by atoms with Crippen molar-refractivity contribution in [3.8, 4) is 0 Å². The number of hydrogen-bond acceptors (Lipinski definition) is 4. The first-order valence-corrected chi connectivity index (χ1v) is 7.74. The number of imidazole rings is 1. The van der Waals surface area contributed by atoms with Gasteiger partial charge in [0.05, 0.1) is 6.33 Å². The molecule has 0 saturated heterocycles. The lowest BCUT2D eigenvalue weighted by atomic mass is 10.1. The van der Waals surface area contributed by atoms with Crippen LogP contribution in [0.5, 0.6) is 0 Å². The van der Waals surface area contributed by atoms with E-state index in [0.717, 1.165) is 18.5 Å². The Balaban J connectivity index is 1.71. The molecule has 0 bridgehead atoms. The summed E-state index contributed by atoms with van der Waals surface area (Å²) in [4.78, 5) is 12.4. The Kier molecular flexibility index (Phi) is 5.77. The number of nitrogens with zero attached hydrogens (tertiary/aromatic N) is 4. The Labute approximate surface area is 120 Å². The van der Waals surface area contributed by atoms with E-state index >= 15 is 0 Å². The molecular weight excluding hydrogens is 250 g/mol. The van der Waals surface area contributed by atoms with Gasteiger partial charge in [0.2, 0.25) is 0 Å². The lowest BCUT2D eigenvalue weighted by Crippen LogP contribution is -2.01. The van der Waals surface area contributed by atoms with Crippen LogP contribution in [0.25, 0.3) is 11.2 Å². The molecule has 0 atom stereocenters. The van der Waals surface area contributed by atoms with Gasteiger partial charge in [0.1, 0.15) is 11.8 Å². The number of nitrogen functional groups attached to an aromatic ring is 1. The van der Waals surface area contributed by atoms with Gasteiger partial charge in [0, 0.05) is 6.54 Å². The van der Waals surface area contributed by atoms with Crippen molar-refractivity contribution in [2.45, 2.75) is 64.8 Å². The molecule has 0 aliphatic rings. The van der Waals surface area contributed by atoms with Crippen molar-refractivity contribution < 1.29 is 0 Å². The first kappa shape index (κ1) is 14.8. The van der Waals surface area contributed by atoms with Gasteiger partial charge in [-0.15, -0.1) is 0 Å². The molecule has 0 aliphatic heterocycles. The largest absolute Gasteiger partial charge is 0.382 e. The fourth-order valence-electron chi connectivity index (χ4n) is 2.52. The van der Waals surface area contributed by atoms with Crippen molar-refractivity contribution in [3.63, 3.8) is 0 Å². The Bertz CT molecular complexity index is 520. The molecule has 2 rings (SSSR count). The van der Waals surface area contributed by atoms with Gasteiger partial charge in [0.25, 0.3) is 0 Å². The summed E-state index contributed by atoms with van der Waals surface area (Å²) >= 11 is 0. The summed E-state index contributed by atoms with van der Waals surface area (Å²) in [6, 6.07) is 0. The van der Waals surface area contributed by atoms with Gasteiger partial charge in [-0.05, 0) is 6.42 Å². The molecule has 0 amide bonds. The van der Waals surface area contributed by atoms with Crippen LogP contribution in [0.2, 0.25) is 0 Å². The maximum atomic E-state index is 5.89. The molecule has 2 heterocycles. The molecule has 2 aromatic rings. The second-order valence-electron chi connectivity index (χ2n) is 5.34. The third kappa shape index (κ3) is 3.92. The minimum Gasteiger partial charge on any atom is -0.382 e. The molecule has 0 spiro atoms. The average molecular weight is 275 g/mol. The van der Waals surface area contributed by atoms with Gasteiger partial charge in [-0.25, -0.2) is 15.0 Å². The number of hydrogen-bond donors (Lipinski definition) is 1. The number of nitrogens with two attached hydrogens (primary N) is 1. The van der Waals surface area contributed by atoms with Crippen LogP contribution >= 0.6 is 0 Å². The molecule has 0 aromatic carbocycles. The zero-order valence-corrected chi connectivity index (χ0v) is 12.4. The number of anilines is 1. The first-order chi connectivity index (χ1) is 9.83. The fourth-order valence-corrected chi connectivity index (χ4v) is 2.52. The van der Waals surface area contributed by atoms with E-state index in [4.69, 9.17) is 5.73 Å². The summed E-state index contributed by atoms with van der Waals surface area (Å²) in [6.45, 7) is 3.20. The Morgan fingerprint density at radius 3 is 2.40 bits per heavy atom. The molecule has 20 heavy (non-hydrogen) atoms. The lowest BCUT2D eigenvalue weighted by Gasteiger charge is -2.05. The average Bonchev–Trinajstić information content (AvgIpc) is 2.86. The summed E-state index contributed by atoms with van der Waals surface area (Å²) < 4.78 is 2.07. The van der Waals surface area contributed by atoms with E-state index in [0.29, 0.717) is 11.5 Å². The fraction of sp³-hybridized carbons (Fsp3) is 0.667. The van der Waals surface area contributed by atoms with Gasteiger partial charge < -0.3 is 10.3 Å². The second-order valence-corrected chi connectivity index (χ2v) is 5.34. The molecule has 5 nitrogen and oxygen atoms in total. The first-order valence-electron chi connectivity index (χ1n) is 7.74. The molecule has 5 heteroatoms. The van der Waals surface area contributed by atoms with Crippen LogP contribution in [-0.2, 0) is 6.54 Å². The molecule has 0 saturated carbocycles. The number of rotatable bonds is 9. The van der Waals surface area contributed by atoms with Crippen LogP contribution < -0.4 is 5.73 Å². The van der Waals surface area contributed by atoms with Gasteiger partial charge in [-0.1, -0.05) is 51.9 Å². The molecule has 110 valence electrons. The topological polar surface area (TPSA) is 69.6 Å². The van der Waals surface area contributed by atoms with E-state index in [1.54, 1.807) is 0 Å². The number of aryl methyl sites for hydroxylation is 1. The van der Waals surface area contributed by atoms with Crippen molar-refractivity contribution >= 4 is 17.0 Å². The lowest BCUT2D eigenvalue weighted by molar-refractivity contribution is 0.548. The molecule has 2 aromatic heterocycles. The second kappa shape index (κ2) is 7.82. The van der Waals surface area contributed by atoms with Crippen molar-refractivity contribution in [3.05, 3.63) is 12.7 Å². The van der Waals surface area contributed by atoms with Crippen LogP contribution in [-0.4, -0.2) is 19.5 Å². The summed E-state index contributed by atoms with van der Waals surface area (Å²) in [5, 5.41) is 0. The third-order valence-corrected chi connectivity index (χ3v) is 3.69. The summed E-state index contributed by atoms with van der Waals surface area (Å²) in [6.07, 6.45) is 13.8. The number of aromatic nitrogens is 4. The molecular formula is C15H25N5. The molecule has 0 aliphatic carbocycles. The van der Waals surface area contributed by atoms with E-state index in [1.165, 1.54) is 51.3 Å². The normalized spacial score (nSPS) is 11.2. The van der Waals surface area contributed by atoms with E-state index in [-0.39, 0.29) is 0 Å². The maximum Gasteiger partial charge on any atom is 0.182 e. The van der Waals surface area contributed by atoms with E-state index < -0.39 is 0 Å². The smallest absolute Gasteiger partial charge is 0.182 e. The standard InChI is InChI=1S/C15H25N5/c1-2-3-4-5-6-7-8-9-10-20-12-19-15-13(20)14(16)17-11-18-15/h11-12H,2-10H2,1H3,(H2,16,17,18). The quantitative estimate of drug-likeness (QED) is 0.710. The van der Waals surface area contributed by atoms with Crippen LogP contribution in [0.1, 0.15) is 58.3 Å². The van der Waals surface area contributed by atoms with Crippen molar-refractivity contribution in [2.24, 2.45) is 0 Å². The third-order valence-electron chi connectivity index (χ3n) is 3.69. The highest BCUT2D eigenvalue weighted by Gasteiger charge is 2.07. The summed E-state index contributed by atoms with van der Waals surface area (Å²) in [7, 11) is 0. The van der Waals surface area contributed by atoms with Crippen LogP contribution in [0.15, 0.2) is 12.7 Å². The van der Waals surface area contributed by atoms with Gasteiger partial charge in [-0.2, -0.15) is 0 Å². The molecule has 2 N–H and O–H groups in total. The minimum absolute atomic E-state index is 0.520. The van der Waals surface area contributed by atoms with Gasteiger partial charge >= 0.3 is 0 Å². The van der Waals surface area contributed by atoms with Crippen LogP contribution in [0.3, 0.4) is 0 Å². The highest BCUT2D eigenvalue weighted by atomic mass is 15.1. The highest BCUT2D eigenvalue weighted by molar-refractivity contribution is 5.81. The molecule has 0 unspecified atom stereocenters. The van der Waals surface area contributed by atoms with E-state index in [2.05, 4.69) is 26.4 Å². The SMILES string of the molecule is CCCCCCCCCCn1cnc2ncnc(N)c21. The zero-order chi connectivity index (χ0) is 14.2. The summed E-state index contributed by atoms with van der Waals surface area (Å²) in [5.74, 6) is 0.520. The maximum absolute atomic E-state index is 5.89. The Morgan fingerprint density at radius 1 is 0.950 bits per heavy atom. The van der Waals surface area contributed by atoms with Crippen LogP contribution in [0, 0.1) is 0 Å². The van der Waals surface area contributed by atoms with Crippen molar-refractivity contribution in [1.29, 1.82) is 0 Å². The van der Waals surface area contributed by atoms with Gasteiger partial charge in [0.15, 0.2) is 11.5 Å². The Morgan fingerprint density at radius 2 is 1.65 bits per heavy atom. The monoisotopic (exact) mass is 275 g/mol.